The van der Waals surface area contributed by atoms with E-state index in [4.69, 9.17) is 33.0 Å². The van der Waals surface area contributed by atoms with Crippen molar-refractivity contribution in [2.45, 2.75) is 24.9 Å². The fourth-order valence-corrected chi connectivity index (χ4v) is 4.34. The second-order valence-electron chi connectivity index (χ2n) is 8.42. The molecule has 0 atom stereocenters. The van der Waals surface area contributed by atoms with Crippen LogP contribution in [-0.4, -0.2) is 40.2 Å². The number of carbonyl (C=O) groups excluding carboxylic acids is 1. The highest BCUT2D eigenvalue weighted by atomic mass is 35.5. The first-order valence-corrected chi connectivity index (χ1v) is 11.8. The van der Waals surface area contributed by atoms with E-state index in [-0.39, 0.29) is 12.5 Å². The summed E-state index contributed by atoms with van der Waals surface area (Å²) in [5.74, 6) is -0.0184. The minimum atomic E-state index is -0.979. The van der Waals surface area contributed by atoms with Crippen LogP contribution >= 0.6 is 23.2 Å². The Morgan fingerprint density at radius 3 is 2.23 bits per heavy atom. The number of hydrogen-bond donors (Lipinski definition) is 3. The lowest BCUT2D eigenvalue weighted by atomic mass is 9.84. The molecule has 0 saturated carbocycles. The van der Waals surface area contributed by atoms with Gasteiger partial charge in [-0.2, -0.15) is 0 Å². The molecule has 3 aromatic rings. The molecule has 2 amide bonds. The number of carboxylic acids is 1. The van der Waals surface area contributed by atoms with Crippen molar-refractivity contribution >= 4 is 40.9 Å². The Balaban J connectivity index is 1.31. The quantitative estimate of drug-likeness (QED) is 0.378. The molecule has 1 aliphatic rings. The zero-order chi connectivity index (χ0) is 25.0. The molecule has 9 heteroatoms. The van der Waals surface area contributed by atoms with Crippen LogP contribution in [0, 0.1) is 0 Å². The number of piperidine rings is 1. The van der Waals surface area contributed by atoms with E-state index in [9.17, 15) is 14.7 Å². The van der Waals surface area contributed by atoms with Crippen molar-refractivity contribution in [3.8, 4) is 11.5 Å². The molecule has 1 fully saturated rings. The third kappa shape index (κ3) is 6.25. The molecule has 0 spiro atoms. The van der Waals surface area contributed by atoms with E-state index in [1.54, 1.807) is 59.5 Å². The summed E-state index contributed by atoms with van der Waals surface area (Å²) in [4.78, 5) is 25.2. The molecule has 4 rings (SSSR count). The highest BCUT2D eigenvalue weighted by Gasteiger charge is 2.35. The Hall–Kier alpha value is -3.26. The third-order valence-corrected chi connectivity index (χ3v) is 6.49. The molecule has 3 N–H and O–H groups in total. The number of aliphatic carboxylic acids is 1. The van der Waals surface area contributed by atoms with Crippen LogP contribution in [-0.2, 0) is 16.8 Å². The summed E-state index contributed by atoms with van der Waals surface area (Å²) >= 11 is 12.2. The maximum atomic E-state index is 12.7. The van der Waals surface area contributed by atoms with Crippen LogP contribution in [0.5, 0.6) is 11.5 Å². The number of nitrogens with zero attached hydrogens (tertiary/aromatic N) is 1. The van der Waals surface area contributed by atoms with Crippen LogP contribution in [0.2, 0.25) is 10.0 Å². The van der Waals surface area contributed by atoms with Crippen LogP contribution in [0.1, 0.15) is 24.0 Å². The first-order valence-electron chi connectivity index (χ1n) is 11.0. The topological polar surface area (TPSA) is 99.1 Å². The molecule has 0 radical (unpaired) electrons. The van der Waals surface area contributed by atoms with Gasteiger partial charge in [-0.3, -0.25) is 4.79 Å². The summed E-state index contributed by atoms with van der Waals surface area (Å²) < 4.78 is 5.78. The highest BCUT2D eigenvalue weighted by molar-refractivity contribution is 6.32. The summed E-state index contributed by atoms with van der Waals surface area (Å²) in [6.07, 6.45) is 0.744. The molecule has 1 aliphatic heterocycles. The predicted molar refractivity (Wildman–Crippen MR) is 134 cm³/mol. The van der Waals surface area contributed by atoms with Crippen LogP contribution in [0.3, 0.4) is 0 Å². The van der Waals surface area contributed by atoms with E-state index in [1.807, 2.05) is 12.1 Å². The van der Waals surface area contributed by atoms with Gasteiger partial charge in [-0.15, -0.1) is 0 Å². The average molecular weight is 515 g/mol. The average Bonchev–Trinajstić information content (AvgIpc) is 2.82. The molecular weight excluding hydrogens is 491 g/mol. The van der Waals surface area contributed by atoms with Crippen molar-refractivity contribution in [2.75, 3.05) is 18.4 Å². The van der Waals surface area contributed by atoms with E-state index in [0.29, 0.717) is 58.7 Å². The Labute approximate surface area is 212 Å². The van der Waals surface area contributed by atoms with Crippen molar-refractivity contribution in [1.82, 2.24) is 4.90 Å². The number of urea groups is 1. The van der Waals surface area contributed by atoms with Gasteiger partial charge in [0.2, 0.25) is 0 Å². The second-order valence-corrected chi connectivity index (χ2v) is 9.26. The van der Waals surface area contributed by atoms with E-state index in [0.717, 1.165) is 5.56 Å². The van der Waals surface area contributed by atoms with Crippen LogP contribution in [0.25, 0.3) is 0 Å². The van der Waals surface area contributed by atoms with E-state index in [1.165, 1.54) is 0 Å². The van der Waals surface area contributed by atoms with Crippen LogP contribution in [0.15, 0.2) is 66.7 Å². The number of likely N-dealkylation sites (tertiary alicyclic amines) is 1. The fraction of sp³-hybridized carbons (Fsp3) is 0.231. The summed E-state index contributed by atoms with van der Waals surface area (Å²) in [5.41, 5.74) is 1.00. The second kappa shape index (κ2) is 10.6. The molecule has 0 bridgehead atoms. The zero-order valence-electron chi connectivity index (χ0n) is 18.7. The molecule has 182 valence electrons. The van der Waals surface area contributed by atoms with Gasteiger partial charge in [0.15, 0.2) is 0 Å². The van der Waals surface area contributed by atoms with Crippen molar-refractivity contribution < 1.29 is 24.5 Å². The molecule has 1 saturated heterocycles. The smallest absolute Gasteiger partial charge is 0.321 e. The number of rotatable bonds is 6. The number of ether oxygens (including phenoxy) is 1. The maximum Gasteiger partial charge on any atom is 0.321 e. The van der Waals surface area contributed by atoms with Gasteiger partial charge in [-0.05, 0) is 72.5 Å². The molecule has 0 aromatic heterocycles. The first kappa shape index (κ1) is 24.9. The van der Waals surface area contributed by atoms with Gasteiger partial charge in [-0.25, -0.2) is 4.79 Å². The number of anilines is 1. The molecule has 3 aromatic carbocycles. The van der Waals surface area contributed by atoms with Gasteiger partial charge < -0.3 is 25.2 Å². The Morgan fingerprint density at radius 2 is 1.63 bits per heavy atom. The molecule has 7 nitrogen and oxygen atoms in total. The number of carbonyl (C=O) groups is 2. The summed E-state index contributed by atoms with van der Waals surface area (Å²) in [6.45, 7) is 0.838. The predicted octanol–water partition coefficient (Wildman–Crippen LogP) is 5.93. The summed E-state index contributed by atoms with van der Waals surface area (Å²) in [6, 6.07) is 18.6. The zero-order valence-corrected chi connectivity index (χ0v) is 20.2. The third-order valence-electron chi connectivity index (χ3n) is 5.94. The monoisotopic (exact) mass is 514 g/mol. The Bertz CT molecular complexity index is 1210. The van der Waals surface area contributed by atoms with E-state index in [2.05, 4.69) is 5.32 Å². The number of aliphatic hydroxyl groups is 1. The largest absolute Gasteiger partial charge is 0.481 e. The number of benzene rings is 3. The molecule has 0 aliphatic carbocycles. The van der Waals surface area contributed by atoms with Gasteiger partial charge in [0.25, 0.3) is 0 Å². The summed E-state index contributed by atoms with van der Waals surface area (Å²) in [7, 11) is 0. The fourth-order valence-electron chi connectivity index (χ4n) is 3.98. The van der Waals surface area contributed by atoms with Crippen molar-refractivity contribution in [1.29, 1.82) is 0 Å². The highest BCUT2D eigenvalue weighted by Crippen LogP contribution is 2.34. The molecule has 0 unspecified atom stereocenters. The van der Waals surface area contributed by atoms with Crippen LogP contribution in [0.4, 0.5) is 10.5 Å². The lowest BCUT2D eigenvalue weighted by Crippen LogP contribution is -2.46. The van der Waals surface area contributed by atoms with Crippen molar-refractivity contribution in [3.05, 3.63) is 87.9 Å². The molecular formula is C26H24Cl2N2O5. The van der Waals surface area contributed by atoms with Crippen molar-refractivity contribution in [3.63, 3.8) is 0 Å². The minimum absolute atomic E-state index is 0.119. The Kier molecular flexibility index (Phi) is 7.50. The number of nitrogens with one attached hydrogen (secondary N) is 1. The van der Waals surface area contributed by atoms with E-state index < -0.39 is 11.6 Å². The minimum Gasteiger partial charge on any atom is -0.481 e. The van der Waals surface area contributed by atoms with Gasteiger partial charge in [-0.1, -0.05) is 41.4 Å². The lowest BCUT2D eigenvalue weighted by Gasteiger charge is -2.38. The van der Waals surface area contributed by atoms with Gasteiger partial charge in [0.05, 0.1) is 17.0 Å². The first-order chi connectivity index (χ1) is 16.7. The maximum absolute atomic E-state index is 12.7. The van der Waals surface area contributed by atoms with Crippen LogP contribution < -0.4 is 10.1 Å². The normalized spacial score (nSPS) is 14.9. The van der Waals surface area contributed by atoms with Gasteiger partial charge in [0, 0.05) is 23.8 Å². The SMILES string of the molecule is O=C(O)Cc1ccc(Oc2ccc(NC(=O)N3CCC(O)(c4ccc(Cl)cc4)CC3)cc2)c(Cl)c1. The number of amides is 2. The van der Waals surface area contributed by atoms with Crippen molar-refractivity contribution in [2.24, 2.45) is 0 Å². The molecule has 1 heterocycles. The number of halogens is 2. The Morgan fingerprint density at radius 1 is 0.971 bits per heavy atom. The number of hydrogen-bond acceptors (Lipinski definition) is 4. The standard InChI is InChI=1S/C26H24Cl2N2O5/c27-19-4-2-18(3-5-19)26(34)11-13-30(14-12-26)25(33)29-20-6-8-21(9-7-20)35-23-10-1-17(15-22(23)28)16-24(31)32/h1-10,15,34H,11-14,16H2,(H,29,33)(H,31,32). The van der Waals surface area contributed by atoms with E-state index >= 15 is 0 Å². The number of carboxylic acid groups (broad SMARTS) is 1. The van der Waals surface area contributed by atoms with Gasteiger partial charge >= 0.3 is 12.0 Å². The molecule has 35 heavy (non-hydrogen) atoms. The lowest BCUT2D eigenvalue weighted by molar-refractivity contribution is -0.136. The van der Waals surface area contributed by atoms with Gasteiger partial charge in [0.1, 0.15) is 11.5 Å². The summed E-state index contributed by atoms with van der Waals surface area (Å²) in [5, 5.41) is 23.7.